The third-order valence-corrected chi connectivity index (χ3v) is 2.52. The maximum atomic E-state index is 13.0. The Morgan fingerprint density at radius 2 is 2.18 bits per heavy atom. The molecule has 0 aliphatic rings. The summed E-state index contributed by atoms with van der Waals surface area (Å²) in [7, 11) is 0. The lowest BCUT2D eigenvalue weighted by atomic mass is 10.1. The average molecular weight is 253 g/mol. The molecule has 0 fully saturated rings. The van der Waals surface area contributed by atoms with Gasteiger partial charge in [-0.05, 0) is 17.7 Å². The fourth-order valence-electron chi connectivity index (χ4n) is 1.56. The van der Waals surface area contributed by atoms with Gasteiger partial charge in [0, 0.05) is 12.5 Å². The number of nitrogens with one attached hydrogen (secondary N) is 1. The van der Waals surface area contributed by atoms with Crippen molar-refractivity contribution in [2.75, 3.05) is 0 Å². The van der Waals surface area contributed by atoms with Gasteiger partial charge in [0.1, 0.15) is 11.6 Å². The summed E-state index contributed by atoms with van der Waals surface area (Å²) in [6, 6.07) is 7.52. The van der Waals surface area contributed by atoms with Crippen LogP contribution in [0.1, 0.15) is 17.1 Å². The van der Waals surface area contributed by atoms with Crippen molar-refractivity contribution in [1.29, 1.82) is 0 Å². The number of hydrogen-bond acceptors (Lipinski definition) is 2. The second-order valence-corrected chi connectivity index (χ2v) is 3.89. The zero-order valence-electron chi connectivity index (χ0n) is 8.91. The maximum absolute atomic E-state index is 13.0. The Bertz CT molecular complexity index is 583. The molecule has 0 spiro atoms. The summed E-state index contributed by atoms with van der Waals surface area (Å²) in [6.45, 7) is 0. The van der Waals surface area contributed by atoms with E-state index in [9.17, 15) is 9.18 Å². The lowest BCUT2D eigenvalue weighted by Crippen LogP contribution is -2.12. The number of hydrogen-bond donors (Lipinski definition) is 1. The number of benzene rings is 1. The molecular formula is C12H10ClFN2O. The molecule has 1 N–H and O–H groups in total. The monoisotopic (exact) mass is 252 g/mol. The van der Waals surface area contributed by atoms with Gasteiger partial charge in [-0.1, -0.05) is 12.1 Å². The van der Waals surface area contributed by atoms with E-state index in [1.165, 1.54) is 18.2 Å². The van der Waals surface area contributed by atoms with Crippen molar-refractivity contribution in [2.24, 2.45) is 0 Å². The third-order valence-electron chi connectivity index (χ3n) is 2.24. The van der Waals surface area contributed by atoms with E-state index < -0.39 is 0 Å². The van der Waals surface area contributed by atoms with Crippen LogP contribution in [0.2, 0.25) is 0 Å². The Labute approximate surface area is 102 Å². The summed E-state index contributed by atoms with van der Waals surface area (Å²) < 4.78 is 13.0. The molecule has 0 atom stereocenters. The number of alkyl halides is 1. The van der Waals surface area contributed by atoms with Gasteiger partial charge in [-0.15, -0.1) is 11.6 Å². The minimum absolute atomic E-state index is 0.181. The smallest absolute Gasteiger partial charge is 0.251 e. The van der Waals surface area contributed by atoms with Crippen LogP contribution in [0, 0.1) is 5.82 Å². The summed E-state index contributed by atoms with van der Waals surface area (Å²) in [4.78, 5) is 18.1. The highest BCUT2D eigenvalue weighted by Crippen LogP contribution is 2.07. The molecule has 1 heterocycles. The van der Waals surface area contributed by atoms with Crippen LogP contribution < -0.4 is 5.56 Å². The van der Waals surface area contributed by atoms with Gasteiger partial charge in [-0.25, -0.2) is 9.37 Å². The van der Waals surface area contributed by atoms with Crippen LogP contribution in [0.15, 0.2) is 35.1 Å². The first-order chi connectivity index (χ1) is 8.17. The molecule has 1 aromatic heterocycles. The SMILES string of the molecule is O=c1cc(CCl)nc(Cc2cccc(F)c2)[nH]1. The summed E-state index contributed by atoms with van der Waals surface area (Å²) in [5, 5.41) is 0. The maximum Gasteiger partial charge on any atom is 0.251 e. The Morgan fingerprint density at radius 3 is 2.88 bits per heavy atom. The first-order valence-electron chi connectivity index (χ1n) is 5.07. The van der Waals surface area contributed by atoms with E-state index in [0.29, 0.717) is 17.9 Å². The molecule has 3 nitrogen and oxygen atoms in total. The number of nitrogens with zero attached hydrogens (tertiary/aromatic N) is 1. The zero-order chi connectivity index (χ0) is 12.3. The van der Waals surface area contributed by atoms with E-state index in [-0.39, 0.29) is 17.3 Å². The van der Waals surface area contributed by atoms with Gasteiger partial charge in [-0.2, -0.15) is 0 Å². The van der Waals surface area contributed by atoms with Gasteiger partial charge in [0.2, 0.25) is 0 Å². The molecule has 0 saturated carbocycles. The second kappa shape index (κ2) is 5.10. The molecule has 0 unspecified atom stereocenters. The van der Waals surface area contributed by atoms with Crippen LogP contribution >= 0.6 is 11.6 Å². The molecule has 0 radical (unpaired) electrons. The van der Waals surface area contributed by atoms with Crippen molar-refractivity contribution < 1.29 is 4.39 Å². The Morgan fingerprint density at radius 1 is 1.35 bits per heavy atom. The quantitative estimate of drug-likeness (QED) is 0.852. The number of halogens is 2. The van der Waals surface area contributed by atoms with Gasteiger partial charge in [0.25, 0.3) is 5.56 Å². The molecule has 2 rings (SSSR count). The number of aromatic nitrogens is 2. The second-order valence-electron chi connectivity index (χ2n) is 3.62. The third kappa shape index (κ3) is 3.14. The van der Waals surface area contributed by atoms with Crippen molar-refractivity contribution in [1.82, 2.24) is 9.97 Å². The van der Waals surface area contributed by atoms with Crippen LogP contribution in [0.3, 0.4) is 0 Å². The summed E-state index contributed by atoms with van der Waals surface area (Å²) >= 11 is 5.62. The van der Waals surface area contributed by atoms with Crippen molar-refractivity contribution in [3.05, 3.63) is 63.6 Å². The molecular weight excluding hydrogens is 243 g/mol. The Balaban J connectivity index is 2.29. The Kier molecular flexibility index (Phi) is 3.54. The topological polar surface area (TPSA) is 45.8 Å². The van der Waals surface area contributed by atoms with E-state index in [1.807, 2.05) is 0 Å². The van der Waals surface area contributed by atoms with Crippen LogP contribution in [0.4, 0.5) is 4.39 Å². The van der Waals surface area contributed by atoms with Gasteiger partial charge < -0.3 is 4.98 Å². The number of rotatable bonds is 3. The highest BCUT2D eigenvalue weighted by molar-refractivity contribution is 6.16. The van der Waals surface area contributed by atoms with Gasteiger partial charge >= 0.3 is 0 Å². The van der Waals surface area contributed by atoms with Crippen molar-refractivity contribution >= 4 is 11.6 Å². The van der Waals surface area contributed by atoms with E-state index >= 15 is 0 Å². The summed E-state index contributed by atoms with van der Waals surface area (Å²) in [5.41, 5.74) is 1.02. The molecule has 0 saturated heterocycles. The fraction of sp³-hybridized carbons (Fsp3) is 0.167. The van der Waals surface area contributed by atoms with Crippen molar-refractivity contribution in [3.63, 3.8) is 0 Å². The molecule has 88 valence electrons. The van der Waals surface area contributed by atoms with E-state index in [0.717, 1.165) is 5.56 Å². The molecule has 5 heteroatoms. The molecule has 17 heavy (non-hydrogen) atoms. The standard InChI is InChI=1S/C12H10ClFN2O/c13-7-10-6-12(17)16-11(15-10)5-8-2-1-3-9(14)4-8/h1-4,6H,5,7H2,(H,15,16,17). The van der Waals surface area contributed by atoms with Crippen LogP contribution in [0.5, 0.6) is 0 Å². The molecule has 0 amide bonds. The van der Waals surface area contributed by atoms with E-state index in [2.05, 4.69) is 9.97 Å². The van der Waals surface area contributed by atoms with Gasteiger partial charge in [0.15, 0.2) is 0 Å². The van der Waals surface area contributed by atoms with Gasteiger partial charge in [0.05, 0.1) is 11.6 Å². The minimum atomic E-state index is -0.307. The number of aromatic amines is 1. The molecule has 0 aliphatic carbocycles. The molecule has 2 aromatic rings. The Hall–Kier alpha value is -1.68. The summed E-state index contributed by atoms with van der Waals surface area (Å²) in [6.07, 6.45) is 0.373. The number of H-pyrrole nitrogens is 1. The largest absolute Gasteiger partial charge is 0.310 e. The first kappa shape index (κ1) is 11.8. The molecule has 0 bridgehead atoms. The average Bonchev–Trinajstić information content (AvgIpc) is 2.28. The normalized spacial score (nSPS) is 10.5. The van der Waals surface area contributed by atoms with Gasteiger partial charge in [-0.3, -0.25) is 4.79 Å². The molecule has 0 aliphatic heterocycles. The lowest BCUT2D eigenvalue weighted by Gasteiger charge is -2.02. The predicted molar refractivity (Wildman–Crippen MR) is 63.6 cm³/mol. The summed E-state index contributed by atoms with van der Waals surface area (Å²) in [5.74, 6) is 0.358. The van der Waals surface area contributed by atoms with Crippen molar-refractivity contribution in [2.45, 2.75) is 12.3 Å². The predicted octanol–water partition coefficient (Wildman–Crippen LogP) is 2.24. The first-order valence-corrected chi connectivity index (χ1v) is 5.60. The fourth-order valence-corrected chi connectivity index (χ4v) is 1.69. The van der Waals surface area contributed by atoms with Crippen LogP contribution in [-0.4, -0.2) is 9.97 Å². The van der Waals surface area contributed by atoms with Crippen LogP contribution in [0.25, 0.3) is 0 Å². The minimum Gasteiger partial charge on any atom is -0.310 e. The van der Waals surface area contributed by atoms with E-state index in [4.69, 9.17) is 11.6 Å². The van der Waals surface area contributed by atoms with E-state index in [1.54, 1.807) is 12.1 Å². The van der Waals surface area contributed by atoms with Crippen LogP contribution in [-0.2, 0) is 12.3 Å². The highest BCUT2D eigenvalue weighted by atomic mass is 35.5. The molecule has 1 aromatic carbocycles. The van der Waals surface area contributed by atoms with Crippen molar-refractivity contribution in [3.8, 4) is 0 Å². The lowest BCUT2D eigenvalue weighted by molar-refractivity contribution is 0.625. The zero-order valence-corrected chi connectivity index (χ0v) is 9.67. The highest BCUT2D eigenvalue weighted by Gasteiger charge is 2.03.